The van der Waals surface area contributed by atoms with E-state index in [0.717, 1.165) is 5.75 Å². The van der Waals surface area contributed by atoms with Gasteiger partial charge >= 0.3 is 0 Å². The zero-order chi connectivity index (χ0) is 10.7. The fourth-order valence-electron chi connectivity index (χ4n) is 1.30. The molecule has 0 aliphatic rings. The lowest BCUT2D eigenvalue weighted by Gasteiger charge is -2.06. The second-order valence-corrected chi connectivity index (χ2v) is 3.40. The number of nitrogens with zero attached hydrogens (tertiary/aromatic N) is 2. The molecule has 2 N–H and O–H groups in total. The van der Waals surface area contributed by atoms with Gasteiger partial charge in [0, 0.05) is 0 Å². The quantitative estimate of drug-likeness (QED) is 0.827. The first kappa shape index (κ1) is 9.58. The van der Waals surface area contributed by atoms with Crippen LogP contribution >= 0.6 is 0 Å². The maximum Gasteiger partial charge on any atom is 0.180 e. The second kappa shape index (κ2) is 4.04. The normalized spacial score (nSPS) is 10.2. The standard InChI is InChI=1S/C11H13N3O/c1-9-3-2-4-11(5-9)15-8-14-7-10(12)6-13-14/h2-7H,8,12H2,1H3. The summed E-state index contributed by atoms with van der Waals surface area (Å²) >= 11 is 0. The molecular weight excluding hydrogens is 190 g/mol. The van der Waals surface area contributed by atoms with Gasteiger partial charge in [-0.2, -0.15) is 5.10 Å². The van der Waals surface area contributed by atoms with E-state index >= 15 is 0 Å². The molecule has 0 unspecified atom stereocenters. The van der Waals surface area contributed by atoms with E-state index in [1.165, 1.54) is 5.56 Å². The smallest absolute Gasteiger partial charge is 0.180 e. The van der Waals surface area contributed by atoms with Crippen LogP contribution in [0.3, 0.4) is 0 Å². The van der Waals surface area contributed by atoms with Gasteiger partial charge in [-0.1, -0.05) is 12.1 Å². The predicted molar refractivity (Wildman–Crippen MR) is 58.4 cm³/mol. The number of nitrogens with two attached hydrogens (primary N) is 1. The van der Waals surface area contributed by atoms with Crippen LogP contribution in [0.5, 0.6) is 5.75 Å². The predicted octanol–water partition coefficient (Wildman–Crippen LogP) is 1.81. The van der Waals surface area contributed by atoms with Gasteiger partial charge in [-0.05, 0) is 24.6 Å². The molecule has 0 spiro atoms. The molecular formula is C11H13N3O. The lowest BCUT2D eigenvalue weighted by molar-refractivity contribution is 0.221. The van der Waals surface area contributed by atoms with E-state index in [4.69, 9.17) is 10.5 Å². The van der Waals surface area contributed by atoms with Gasteiger partial charge in [0.05, 0.1) is 18.1 Å². The third kappa shape index (κ3) is 2.49. The average Bonchev–Trinajstić information content (AvgIpc) is 2.62. The molecule has 0 aliphatic carbocycles. The zero-order valence-electron chi connectivity index (χ0n) is 8.55. The minimum absolute atomic E-state index is 0.376. The number of benzene rings is 1. The monoisotopic (exact) mass is 203 g/mol. The Hall–Kier alpha value is -1.97. The van der Waals surface area contributed by atoms with Crippen molar-refractivity contribution in [3.05, 3.63) is 42.2 Å². The molecule has 1 aromatic heterocycles. The fourth-order valence-corrected chi connectivity index (χ4v) is 1.30. The van der Waals surface area contributed by atoms with Gasteiger partial charge in [-0.15, -0.1) is 0 Å². The van der Waals surface area contributed by atoms with E-state index in [9.17, 15) is 0 Å². The molecule has 0 aliphatic heterocycles. The highest BCUT2D eigenvalue weighted by atomic mass is 16.5. The van der Waals surface area contributed by atoms with E-state index in [1.54, 1.807) is 17.1 Å². The highest BCUT2D eigenvalue weighted by Crippen LogP contribution is 2.12. The van der Waals surface area contributed by atoms with Crippen LogP contribution in [0.4, 0.5) is 5.69 Å². The number of ether oxygens (including phenoxy) is 1. The Labute approximate surface area is 88.3 Å². The van der Waals surface area contributed by atoms with Crippen molar-refractivity contribution in [1.29, 1.82) is 0 Å². The Morgan fingerprint density at radius 1 is 1.47 bits per heavy atom. The first-order valence-corrected chi connectivity index (χ1v) is 4.71. The third-order valence-electron chi connectivity index (χ3n) is 2.01. The highest BCUT2D eigenvalue weighted by molar-refractivity contribution is 5.30. The number of rotatable bonds is 3. The molecule has 78 valence electrons. The Kier molecular flexibility index (Phi) is 2.58. The van der Waals surface area contributed by atoms with E-state index < -0.39 is 0 Å². The molecule has 0 amide bonds. The van der Waals surface area contributed by atoms with Gasteiger partial charge in [0.2, 0.25) is 0 Å². The Bertz CT molecular complexity index is 451. The maximum atomic E-state index is 5.53. The van der Waals surface area contributed by atoms with Crippen molar-refractivity contribution in [3.63, 3.8) is 0 Å². The molecule has 2 aromatic rings. The van der Waals surface area contributed by atoms with E-state index in [2.05, 4.69) is 5.10 Å². The van der Waals surface area contributed by atoms with Crippen molar-refractivity contribution in [2.24, 2.45) is 0 Å². The molecule has 0 saturated heterocycles. The molecule has 1 heterocycles. The number of aromatic nitrogens is 2. The highest BCUT2D eigenvalue weighted by Gasteiger charge is 1.96. The minimum Gasteiger partial charge on any atom is -0.471 e. The number of anilines is 1. The first-order valence-electron chi connectivity index (χ1n) is 4.71. The molecule has 0 saturated carbocycles. The van der Waals surface area contributed by atoms with Crippen molar-refractivity contribution in [3.8, 4) is 5.75 Å². The van der Waals surface area contributed by atoms with Crippen LogP contribution in [0.25, 0.3) is 0 Å². The average molecular weight is 203 g/mol. The first-order chi connectivity index (χ1) is 7.24. The molecule has 0 bridgehead atoms. The van der Waals surface area contributed by atoms with Gasteiger partial charge < -0.3 is 10.5 Å². The summed E-state index contributed by atoms with van der Waals surface area (Å²) in [6, 6.07) is 7.88. The molecule has 0 atom stereocenters. The van der Waals surface area contributed by atoms with Crippen LogP contribution in [-0.2, 0) is 6.73 Å². The largest absolute Gasteiger partial charge is 0.471 e. The number of nitrogen functional groups attached to an aromatic ring is 1. The molecule has 0 radical (unpaired) electrons. The Balaban J connectivity index is 1.99. The Morgan fingerprint density at radius 2 is 2.33 bits per heavy atom. The summed E-state index contributed by atoms with van der Waals surface area (Å²) in [6.07, 6.45) is 3.33. The summed E-state index contributed by atoms with van der Waals surface area (Å²) in [5, 5.41) is 4.02. The van der Waals surface area contributed by atoms with Gasteiger partial charge in [0.25, 0.3) is 0 Å². The van der Waals surface area contributed by atoms with Gasteiger partial charge in [0.15, 0.2) is 6.73 Å². The number of hydrogen-bond donors (Lipinski definition) is 1. The van der Waals surface area contributed by atoms with Crippen LogP contribution in [0, 0.1) is 6.92 Å². The van der Waals surface area contributed by atoms with Gasteiger partial charge in [0.1, 0.15) is 5.75 Å². The van der Waals surface area contributed by atoms with Gasteiger partial charge in [-0.25, -0.2) is 4.68 Å². The topological polar surface area (TPSA) is 53.1 Å². The number of aryl methyl sites for hydroxylation is 1. The fraction of sp³-hybridized carbons (Fsp3) is 0.182. The molecule has 15 heavy (non-hydrogen) atoms. The number of hydrogen-bond acceptors (Lipinski definition) is 3. The van der Waals surface area contributed by atoms with Crippen molar-refractivity contribution in [2.45, 2.75) is 13.7 Å². The van der Waals surface area contributed by atoms with Crippen LogP contribution < -0.4 is 10.5 Å². The van der Waals surface area contributed by atoms with E-state index in [-0.39, 0.29) is 0 Å². The lowest BCUT2D eigenvalue weighted by Crippen LogP contribution is -2.05. The summed E-state index contributed by atoms with van der Waals surface area (Å²) in [7, 11) is 0. The minimum atomic E-state index is 0.376. The molecule has 2 rings (SSSR count). The van der Waals surface area contributed by atoms with Crippen LogP contribution in [0.2, 0.25) is 0 Å². The SMILES string of the molecule is Cc1cccc(OCn2cc(N)cn2)c1. The van der Waals surface area contributed by atoms with Crippen molar-refractivity contribution in [1.82, 2.24) is 9.78 Å². The third-order valence-corrected chi connectivity index (χ3v) is 2.01. The maximum absolute atomic E-state index is 5.53. The van der Waals surface area contributed by atoms with E-state index in [0.29, 0.717) is 12.4 Å². The van der Waals surface area contributed by atoms with Crippen LogP contribution in [0.1, 0.15) is 5.56 Å². The van der Waals surface area contributed by atoms with Crippen LogP contribution in [0.15, 0.2) is 36.7 Å². The molecule has 0 fully saturated rings. The summed E-state index contributed by atoms with van der Waals surface area (Å²) in [5.74, 6) is 0.837. The van der Waals surface area contributed by atoms with Crippen molar-refractivity contribution < 1.29 is 4.74 Å². The Morgan fingerprint density at radius 3 is 3.00 bits per heavy atom. The lowest BCUT2D eigenvalue weighted by atomic mass is 10.2. The summed E-state index contributed by atoms with van der Waals surface area (Å²) < 4.78 is 7.18. The molecule has 4 nitrogen and oxygen atoms in total. The van der Waals surface area contributed by atoms with Crippen molar-refractivity contribution in [2.75, 3.05) is 5.73 Å². The van der Waals surface area contributed by atoms with E-state index in [1.807, 2.05) is 31.2 Å². The molecule has 1 aromatic carbocycles. The van der Waals surface area contributed by atoms with Crippen molar-refractivity contribution >= 4 is 5.69 Å². The van der Waals surface area contributed by atoms with Crippen LogP contribution in [-0.4, -0.2) is 9.78 Å². The summed E-state index contributed by atoms with van der Waals surface area (Å²) in [5.41, 5.74) is 7.35. The zero-order valence-corrected chi connectivity index (χ0v) is 8.55. The molecule has 4 heteroatoms. The summed E-state index contributed by atoms with van der Waals surface area (Å²) in [4.78, 5) is 0. The van der Waals surface area contributed by atoms with Gasteiger partial charge in [-0.3, -0.25) is 0 Å². The second-order valence-electron chi connectivity index (χ2n) is 3.40. The summed E-state index contributed by atoms with van der Waals surface area (Å²) in [6.45, 7) is 2.40.